The second-order valence-electron chi connectivity index (χ2n) is 11.8. The summed E-state index contributed by atoms with van der Waals surface area (Å²) in [6, 6.07) is 0. The monoisotopic (exact) mass is 509 g/mol. The largest absolute Gasteiger partial charge is 0.481 e. The second-order valence-corrected chi connectivity index (χ2v) is 11.8. The first-order valence-corrected chi connectivity index (χ1v) is 16.9. The van der Waals surface area contributed by atoms with Gasteiger partial charge < -0.3 is 5.11 Å². The molecule has 2 nitrogen and oxygen atoms in total. The first kappa shape index (κ1) is 35.5. The molecule has 1 atom stereocenters. The summed E-state index contributed by atoms with van der Waals surface area (Å²) >= 11 is 0. The quantitative estimate of drug-likeness (QED) is 0.0945. The van der Waals surface area contributed by atoms with Crippen molar-refractivity contribution in [3.05, 3.63) is 0 Å². The molecule has 216 valence electrons. The lowest BCUT2D eigenvalue weighted by molar-refractivity contribution is -0.142. The third-order valence-corrected chi connectivity index (χ3v) is 8.16. The van der Waals surface area contributed by atoms with Crippen LogP contribution in [0.15, 0.2) is 0 Å². The van der Waals surface area contributed by atoms with Gasteiger partial charge in [-0.05, 0) is 12.8 Å². The minimum absolute atomic E-state index is 0.0974. The molecule has 0 fully saturated rings. The van der Waals surface area contributed by atoms with Crippen molar-refractivity contribution in [2.45, 2.75) is 206 Å². The fraction of sp³-hybridized carbons (Fsp3) is 0.971. The molecule has 0 aliphatic carbocycles. The normalized spacial score (nSPS) is 12.3. The van der Waals surface area contributed by atoms with Crippen molar-refractivity contribution < 1.29 is 9.90 Å². The minimum atomic E-state index is -0.556. The second kappa shape index (κ2) is 30.7. The number of aliphatic carboxylic acids is 1. The molecule has 0 rings (SSSR count). The molecule has 0 amide bonds. The van der Waals surface area contributed by atoms with E-state index in [9.17, 15) is 9.90 Å². The van der Waals surface area contributed by atoms with Crippen LogP contribution in [-0.4, -0.2) is 11.1 Å². The lowest BCUT2D eigenvalue weighted by atomic mass is 9.94. The van der Waals surface area contributed by atoms with Gasteiger partial charge in [0.25, 0.3) is 0 Å². The molecule has 0 bridgehead atoms. The number of carboxylic acid groups (broad SMARTS) is 1. The molecule has 0 aromatic carbocycles. The molecule has 0 aromatic rings. The molecule has 0 spiro atoms. The van der Waals surface area contributed by atoms with E-state index in [1.165, 1.54) is 167 Å². The van der Waals surface area contributed by atoms with Crippen molar-refractivity contribution >= 4 is 5.97 Å². The van der Waals surface area contributed by atoms with Gasteiger partial charge in [-0.1, -0.05) is 194 Å². The van der Waals surface area contributed by atoms with E-state index in [-0.39, 0.29) is 5.92 Å². The van der Waals surface area contributed by atoms with Crippen LogP contribution >= 0.6 is 0 Å². The van der Waals surface area contributed by atoms with Crippen LogP contribution in [0.1, 0.15) is 206 Å². The third-order valence-electron chi connectivity index (χ3n) is 8.16. The Kier molecular flexibility index (Phi) is 30.2. The number of carboxylic acids is 1. The Hall–Kier alpha value is -0.530. The zero-order valence-corrected chi connectivity index (χ0v) is 25.1. The minimum Gasteiger partial charge on any atom is -0.481 e. The predicted molar refractivity (Wildman–Crippen MR) is 161 cm³/mol. The molecule has 0 aliphatic heterocycles. The Labute approximate surface area is 228 Å². The van der Waals surface area contributed by atoms with Gasteiger partial charge in [0.15, 0.2) is 0 Å². The van der Waals surface area contributed by atoms with E-state index in [0.717, 1.165) is 25.7 Å². The van der Waals surface area contributed by atoms with Crippen LogP contribution in [0.25, 0.3) is 0 Å². The number of carbonyl (C=O) groups is 1. The van der Waals surface area contributed by atoms with Crippen LogP contribution in [-0.2, 0) is 4.79 Å². The molecule has 0 saturated carbocycles. The van der Waals surface area contributed by atoms with Crippen molar-refractivity contribution in [3.63, 3.8) is 0 Å². The molecule has 0 aliphatic rings. The van der Waals surface area contributed by atoms with Gasteiger partial charge in [0, 0.05) is 0 Å². The Morgan fingerprint density at radius 3 is 0.778 bits per heavy atom. The van der Waals surface area contributed by atoms with E-state index in [2.05, 4.69) is 13.8 Å². The van der Waals surface area contributed by atoms with Crippen LogP contribution in [0.5, 0.6) is 0 Å². The number of hydrogen-bond acceptors (Lipinski definition) is 1. The van der Waals surface area contributed by atoms with Crippen LogP contribution in [0.4, 0.5) is 0 Å². The van der Waals surface area contributed by atoms with E-state index >= 15 is 0 Å². The van der Waals surface area contributed by atoms with Gasteiger partial charge in [0.05, 0.1) is 5.92 Å². The van der Waals surface area contributed by atoms with Crippen LogP contribution in [0.3, 0.4) is 0 Å². The Bertz CT molecular complexity index is 419. The fourth-order valence-corrected chi connectivity index (χ4v) is 5.56. The van der Waals surface area contributed by atoms with Crippen molar-refractivity contribution in [1.82, 2.24) is 0 Å². The van der Waals surface area contributed by atoms with Gasteiger partial charge in [-0.3, -0.25) is 4.79 Å². The van der Waals surface area contributed by atoms with E-state index in [1.54, 1.807) is 0 Å². The lowest BCUT2D eigenvalue weighted by Gasteiger charge is -2.12. The van der Waals surface area contributed by atoms with Crippen LogP contribution in [0, 0.1) is 5.92 Å². The smallest absolute Gasteiger partial charge is 0.306 e. The van der Waals surface area contributed by atoms with Crippen molar-refractivity contribution in [1.29, 1.82) is 0 Å². The zero-order valence-electron chi connectivity index (χ0n) is 25.1. The van der Waals surface area contributed by atoms with Crippen LogP contribution < -0.4 is 0 Å². The van der Waals surface area contributed by atoms with Gasteiger partial charge in [-0.2, -0.15) is 0 Å². The van der Waals surface area contributed by atoms with Gasteiger partial charge in [0.2, 0.25) is 0 Å². The molecular formula is C34H68O2. The molecule has 0 saturated heterocycles. The molecule has 1 N–H and O–H groups in total. The molecule has 0 heterocycles. The summed E-state index contributed by atoms with van der Waals surface area (Å²) in [4.78, 5) is 11.6. The molecule has 0 radical (unpaired) electrons. The van der Waals surface area contributed by atoms with Crippen molar-refractivity contribution in [3.8, 4) is 0 Å². The van der Waals surface area contributed by atoms with E-state index in [1.807, 2.05) is 0 Å². The van der Waals surface area contributed by atoms with Crippen molar-refractivity contribution in [2.75, 3.05) is 0 Å². The van der Waals surface area contributed by atoms with Gasteiger partial charge in [-0.25, -0.2) is 0 Å². The molecular weight excluding hydrogens is 440 g/mol. The van der Waals surface area contributed by atoms with E-state index < -0.39 is 5.97 Å². The number of hydrogen-bond donors (Lipinski definition) is 1. The maximum absolute atomic E-state index is 11.6. The van der Waals surface area contributed by atoms with Crippen molar-refractivity contribution in [2.24, 2.45) is 5.92 Å². The molecule has 2 heteroatoms. The van der Waals surface area contributed by atoms with Gasteiger partial charge in [-0.15, -0.1) is 0 Å². The summed E-state index contributed by atoms with van der Waals surface area (Å²) in [5.74, 6) is -0.654. The highest BCUT2D eigenvalue weighted by molar-refractivity contribution is 5.69. The third kappa shape index (κ3) is 28.0. The standard InChI is InChI=1S/C34H68O2/c1-3-5-7-9-11-13-15-17-18-19-20-22-24-26-28-30-32-33(34(35)36)31-29-27-25-23-21-16-14-12-10-8-6-4-2/h33H,3-32H2,1-2H3,(H,35,36). The molecule has 36 heavy (non-hydrogen) atoms. The first-order chi connectivity index (χ1) is 17.7. The Morgan fingerprint density at radius 2 is 0.583 bits per heavy atom. The first-order valence-electron chi connectivity index (χ1n) is 16.9. The number of rotatable bonds is 31. The molecule has 0 aromatic heterocycles. The number of unbranched alkanes of at least 4 members (excludes halogenated alkanes) is 26. The topological polar surface area (TPSA) is 37.3 Å². The summed E-state index contributed by atoms with van der Waals surface area (Å²) in [6.45, 7) is 4.57. The molecule has 1 unspecified atom stereocenters. The Morgan fingerprint density at radius 1 is 0.389 bits per heavy atom. The van der Waals surface area contributed by atoms with Gasteiger partial charge >= 0.3 is 5.97 Å². The highest BCUT2D eigenvalue weighted by Crippen LogP contribution is 2.20. The zero-order chi connectivity index (χ0) is 26.4. The highest BCUT2D eigenvalue weighted by atomic mass is 16.4. The summed E-state index contributed by atoms with van der Waals surface area (Å²) in [6.07, 6.45) is 39.9. The summed E-state index contributed by atoms with van der Waals surface area (Å²) < 4.78 is 0. The van der Waals surface area contributed by atoms with E-state index in [0.29, 0.717) is 0 Å². The summed E-state index contributed by atoms with van der Waals surface area (Å²) in [7, 11) is 0. The SMILES string of the molecule is CCCCCCCCCCCCCCCCCCC(CCCCCCCCCCCCCC)C(=O)O. The average Bonchev–Trinajstić information content (AvgIpc) is 2.87. The maximum Gasteiger partial charge on any atom is 0.306 e. The van der Waals surface area contributed by atoms with Gasteiger partial charge in [0.1, 0.15) is 0 Å². The predicted octanol–water partition coefficient (Wildman–Crippen LogP) is 12.4. The summed E-state index contributed by atoms with van der Waals surface area (Å²) in [5, 5.41) is 9.58. The maximum atomic E-state index is 11.6. The Balaban J connectivity index is 3.38. The lowest BCUT2D eigenvalue weighted by Crippen LogP contribution is -2.13. The fourth-order valence-electron chi connectivity index (χ4n) is 5.56. The average molecular weight is 509 g/mol. The highest BCUT2D eigenvalue weighted by Gasteiger charge is 2.16. The van der Waals surface area contributed by atoms with E-state index in [4.69, 9.17) is 0 Å². The van der Waals surface area contributed by atoms with Crippen LogP contribution in [0.2, 0.25) is 0 Å². The summed E-state index contributed by atoms with van der Waals surface area (Å²) in [5.41, 5.74) is 0.